The van der Waals surface area contributed by atoms with Crippen molar-refractivity contribution < 1.29 is 43.2 Å². The number of halogens is 2. The number of carbonyl (C=O) groups is 2. The first-order valence-electron chi connectivity index (χ1n) is 15.8. The average molecular weight is 644 g/mol. The molecule has 0 aromatic heterocycles. The lowest BCUT2D eigenvalue weighted by atomic mass is 9.93. The zero-order chi connectivity index (χ0) is 33.3. The van der Waals surface area contributed by atoms with E-state index in [9.17, 15) is 33.7 Å². The van der Waals surface area contributed by atoms with Crippen molar-refractivity contribution in [3.05, 3.63) is 70.8 Å². The maximum absolute atomic E-state index is 14.8. The minimum Gasteiger partial charge on any atom is -0.388 e. The van der Waals surface area contributed by atoms with Crippen LogP contribution in [0.25, 0.3) is 11.1 Å². The number of aliphatic hydroxyl groups excluding tert-OH is 3. The first-order chi connectivity index (χ1) is 21.9. The SMILES string of the molecule is CN[C@@H](C)C(=O)N[C@H](C(=O)N1CCC[C@@H]1CC1=C(c2ccc(F)cc2)C(O[C@H]2OC[C@@H](O)[C@H](O)[C@H]2O)c2cc(F)ccc21)C(C)C. The minimum absolute atomic E-state index is 0.167. The third-order valence-corrected chi connectivity index (χ3v) is 9.24. The molecule has 2 aromatic rings. The molecule has 5 N–H and O–H groups in total. The number of aliphatic hydroxyl groups is 3. The molecule has 0 saturated carbocycles. The van der Waals surface area contributed by atoms with Crippen molar-refractivity contribution in [3.63, 3.8) is 0 Å². The van der Waals surface area contributed by atoms with Gasteiger partial charge in [-0.25, -0.2) is 8.78 Å². The highest BCUT2D eigenvalue weighted by atomic mass is 19.1. The van der Waals surface area contributed by atoms with E-state index in [0.29, 0.717) is 41.6 Å². The van der Waals surface area contributed by atoms with E-state index in [4.69, 9.17) is 9.47 Å². The van der Waals surface area contributed by atoms with Gasteiger partial charge in [-0.1, -0.05) is 32.0 Å². The van der Waals surface area contributed by atoms with Crippen molar-refractivity contribution in [1.29, 1.82) is 0 Å². The molecule has 2 heterocycles. The smallest absolute Gasteiger partial charge is 0.245 e. The molecule has 2 amide bonds. The van der Waals surface area contributed by atoms with Crippen molar-refractivity contribution in [2.75, 3.05) is 20.2 Å². The van der Waals surface area contributed by atoms with Gasteiger partial charge in [-0.3, -0.25) is 9.59 Å². The fourth-order valence-electron chi connectivity index (χ4n) is 6.51. The number of benzene rings is 2. The number of nitrogens with zero attached hydrogens (tertiary/aromatic N) is 1. The fourth-order valence-corrected chi connectivity index (χ4v) is 6.51. The van der Waals surface area contributed by atoms with Gasteiger partial charge in [0, 0.05) is 12.6 Å². The van der Waals surface area contributed by atoms with E-state index in [1.54, 1.807) is 37.1 Å². The van der Waals surface area contributed by atoms with Gasteiger partial charge in [0.2, 0.25) is 11.8 Å². The molecular weight excluding hydrogens is 600 g/mol. The third-order valence-electron chi connectivity index (χ3n) is 9.24. The van der Waals surface area contributed by atoms with Gasteiger partial charge in [-0.2, -0.15) is 0 Å². The number of likely N-dealkylation sites (N-methyl/N-ethyl adjacent to an activating group) is 1. The molecule has 0 radical (unpaired) electrons. The number of carbonyl (C=O) groups excluding carboxylic acids is 2. The van der Waals surface area contributed by atoms with Crippen LogP contribution in [-0.2, 0) is 19.1 Å². The van der Waals surface area contributed by atoms with Gasteiger partial charge in [-0.15, -0.1) is 0 Å². The summed E-state index contributed by atoms with van der Waals surface area (Å²) in [5.74, 6) is -1.59. The van der Waals surface area contributed by atoms with Crippen LogP contribution in [0.1, 0.15) is 62.8 Å². The molecule has 10 nitrogen and oxygen atoms in total. The standard InChI is InChI=1S/C34H43F2N3O7/c1-17(2)28(38-32(43)18(3)37-4)33(44)39-13-5-6-22(39)15-24-23-12-11-21(36)14-25(23)31(27(24)19-7-9-20(35)10-8-19)46-34-30(42)29(41)26(40)16-45-34/h7-12,14,17-18,22,26,28-31,34,37,40-42H,5-6,13,15-16H2,1-4H3,(H,38,43)/t18-,22+,26+,28-,29-,30+,31?,34+/m0/s1. The number of nitrogens with one attached hydrogen (secondary N) is 2. The number of ether oxygens (including phenoxy) is 2. The van der Waals surface area contributed by atoms with Gasteiger partial charge in [0.25, 0.3) is 0 Å². The highest BCUT2D eigenvalue weighted by molar-refractivity contribution is 5.99. The average Bonchev–Trinajstić information content (AvgIpc) is 3.61. The molecule has 2 aromatic carbocycles. The molecule has 2 aliphatic heterocycles. The zero-order valence-corrected chi connectivity index (χ0v) is 26.5. The van der Waals surface area contributed by atoms with Crippen molar-refractivity contribution >= 4 is 23.0 Å². The number of hydrogen-bond acceptors (Lipinski definition) is 8. The lowest BCUT2D eigenvalue weighted by molar-refractivity contribution is -0.277. The molecule has 0 bridgehead atoms. The maximum Gasteiger partial charge on any atom is 0.245 e. The second-order valence-corrected chi connectivity index (χ2v) is 12.7. The molecule has 8 atom stereocenters. The van der Waals surface area contributed by atoms with Crippen LogP contribution < -0.4 is 10.6 Å². The number of fused-ring (bicyclic) bond motifs is 1. The summed E-state index contributed by atoms with van der Waals surface area (Å²) in [5.41, 5.74) is 3.07. The molecule has 5 rings (SSSR count). The monoisotopic (exact) mass is 643 g/mol. The van der Waals surface area contributed by atoms with Crippen LogP contribution in [0.5, 0.6) is 0 Å². The Morgan fingerprint density at radius 1 is 1.04 bits per heavy atom. The van der Waals surface area contributed by atoms with Crippen LogP contribution in [0.15, 0.2) is 42.5 Å². The Balaban J connectivity index is 1.53. The summed E-state index contributed by atoms with van der Waals surface area (Å²) in [6.07, 6.45) is -4.95. The predicted octanol–water partition coefficient (Wildman–Crippen LogP) is 2.52. The molecule has 46 heavy (non-hydrogen) atoms. The molecular formula is C34H43F2N3O7. The summed E-state index contributed by atoms with van der Waals surface area (Å²) in [6.45, 7) is 5.71. The third kappa shape index (κ3) is 6.87. The molecule has 12 heteroatoms. The summed E-state index contributed by atoms with van der Waals surface area (Å²) in [7, 11) is 1.67. The van der Waals surface area contributed by atoms with Gasteiger partial charge in [0.1, 0.15) is 42.1 Å². The number of rotatable bonds is 10. The number of hydrogen-bond donors (Lipinski definition) is 5. The van der Waals surface area contributed by atoms with Gasteiger partial charge in [0.05, 0.1) is 12.6 Å². The highest BCUT2D eigenvalue weighted by Crippen LogP contribution is 2.51. The molecule has 3 aliphatic rings. The minimum atomic E-state index is -1.59. The maximum atomic E-state index is 14.8. The van der Waals surface area contributed by atoms with Crippen LogP contribution >= 0.6 is 0 Å². The van der Waals surface area contributed by atoms with E-state index in [0.717, 1.165) is 12.0 Å². The molecule has 1 unspecified atom stereocenters. The number of likely N-dealkylation sites (tertiary alicyclic amines) is 1. The summed E-state index contributed by atoms with van der Waals surface area (Å²) in [5, 5.41) is 36.8. The van der Waals surface area contributed by atoms with Crippen molar-refractivity contribution in [2.45, 2.75) is 88.9 Å². The summed E-state index contributed by atoms with van der Waals surface area (Å²) < 4.78 is 40.7. The topological polar surface area (TPSA) is 141 Å². The Bertz CT molecular complexity index is 1450. The number of amides is 2. The highest BCUT2D eigenvalue weighted by Gasteiger charge is 2.44. The van der Waals surface area contributed by atoms with Crippen LogP contribution in [0.4, 0.5) is 8.78 Å². The molecule has 250 valence electrons. The largest absolute Gasteiger partial charge is 0.388 e. The fraction of sp³-hybridized carbons (Fsp3) is 0.529. The molecule has 2 fully saturated rings. The van der Waals surface area contributed by atoms with E-state index in [1.165, 1.54) is 24.3 Å². The van der Waals surface area contributed by atoms with Gasteiger partial charge < -0.3 is 40.3 Å². The van der Waals surface area contributed by atoms with Crippen LogP contribution in [0.3, 0.4) is 0 Å². The Morgan fingerprint density at radius 3 is 2.41 bits per heavy atom. The molecule has 0 spiro atoms. The Morgan fingerprint density at radius 2 is 1.74 bits per heavy atom. The van der Waals surface area contributed by atoms with Crippen LogP contribution in [-0.4, -0.2) is 95.0 Å². The second kappa shape index (κ2) is 14.2. The predicted molar refractivity (Wildman–Crippen MR) is 166 cm³/mol. The summed E-state index contributed by atoms with van der Waals surface area (Å²) >= 11 is 0. The van der Waals surface area contributed by atoms with E-state index in [2.05, 4.69) is 10.6 Å². The van der Waals surface area contributed by atoms with E-state index < -0.39 is 54.4 Å². The molecule has 2 saturated heterocycles. The lowest BCUT2D eigenvalue weighted by Crippen LogP contribution is -2.55. The first kappa shape index (κ1) is 34.1. The van der Waals surface area contributed by atoms with Crippen molar-refractivity contribution in [2.24, 2.45) is 5.92 Å². The first-order valence-corrected chi connectivity index (χ1v) is 15.8. The summed E-state index contributed by atoms with van der Waals surface area (Å²) in [4.78, 5) is 28.5. The van der Waals surface area contributed by atoms with Gasteiger partial charge in [-0.05, 0) is 91.3 Å². The molecule has 1 aliphatic carbocycles. The normalized spacial score (nSPS) is 27.6. The van der Waals surface area contributed by atoms with Gasteiger partial charge >= 0.3 is 0 Å². The van der Waals surface area contributed by atoms with Crippen LogP contribution in [0.2, 0.25) is 0 Å². The van der Waals surface area contributed by atoms with Gasteiger partial charge in [0.15, 0.2) is 6.29 Å². The van der Waals surface area contributed by atoms with Crippen molar-refractivity contribution in [3.8, 4) is 0 Å². The Hall–Kier alpha value is -3.26. The van der Waals surface area contributed by atoms with E-state index in [-0.39, 0.29) is 30.4 Å². The Kier molecular flexibility index (Phi) is 10.6. The van der Waals surface area contributed by atoms with Crippen molar-refractivity contribution in [1.82, 2.24) is 15.5 Å². The summed E-state index contributed by atoms with van der Waals surface area (Å²) in [6, 6.07) is 8.62. The Labute approximate surface area is 267 Å². The zero-order valence-electron chi connectivity index (χ0n) is 26.5. The second-order valence-electron chi connectivity index (χ2n) is 12.7. The van der Waals surface area contributed by atoms with Crippen LogP contribution in [0, 0.1) is 17.6 Å². The van der Waals surface area contributed by atoms with E-state index in [1.807, 2.05) is 13.8 Å². The quantitative estimate of drug-likeness (QED) is 0.266. The van der Waals surface area contributed by atoms with E-state index >= 15 is 0 Å². The lowest BCUT2D eigenvalue weighted by Gasteiger charge is -2.36.